The number of pyridine rings is 1. The second-order valence-corrected chi connectivity index (χ2v) is 8.48. The van der Waals surface area contributed by atoms with Gasteiger partial charge in [0.15, 0.2) is 9.84 Å². The molecule has 0 bridgehead atoms. The number of thiocarbonyl (C=S) groups is 1. The van der Waals surface area contributed by atoms with Crippen LogP contribution in [0.15, 0.2) is 18.3 Å². The lowest BCUT2D eigenvalue weighted by molar-refractivity contribution is 0.579. The summed E-state index contributed by atoms with van der Waals surface area (Å²) in [5.41, 5.74) is 6.22. The zero-order valence-electron chi connectivity index (χ0n) is 11.2. The molecule has 2 heterocycles. The van der Waals surface area contributed by atoms with Crippen LogP contribution in [0.3, 0.4) is 0 Å². The highest BCUT2D eigenvalue weighted by Crippen LogP contribution is 2.26. The van der Waals surface area contributed by atoms with Gasteiger partial charge in [0.25, 0.3) is 0 Å². The third-order valence-electron chi connectivity index (χ3n) is 3.23. The highest BCUT2D eigenvalue weighted by atomic mass is 32.2. The Hall–Kier alpha value is -0.860. The van der Waals surface area contributed by atoms with Crippen LogP contribution >= 0.6 is 24.0 Å². The maximum Gasteiger partial charge on any atom is 0.171 e. The fourth-order valence-electron chi connectivity index (χ4n) is 2.03. The Morgan fingerprint density at radius 1 is 1.60 bits per heavy atom. The Labute approximate surface area is 128 Å². The number of thioether (sulfide) groups is 1. The number of anilines is 1. The van der Waals surface area contributed by atoms with E-state index in [1.165, 1.54) is 0 Å². The number of nitrogens with zero attached hydrogens (tertiary/aromatic N) is 2. The van der Waals surface area contributed by atoms with Gasteiger partial charge in [-0.05, 0) is 12.1 Å². The van der Waals surface area contributed by atoms with E-state index in [2.05, 4.69) is 4.98 Å². The monoisotopic (exact) mass is 331 g/mol. The minimum atomic E-state index is -3.13. The summed E-state index contributed by atoms with van der Waals surface area (Å²) >= 11 is 6.55. The van der Waals surface area contributed by atoms with E-state index < -0.39 is 15.2 Å². The standard InChI is InChI=1S/C12H17N3O2S3/c1-2-20(16,17)11-8-19-6-5-15(11)10-4-3-9(7-14-10)12(13)18/h3-4,7,11H,2,5-6,8H2,1H3,(H2,13,18). The minimum Gasteiger partial charge on any atom is -0.389 e. The topological polar surface area (TPSA) is 76.3 Å². The van der Waals surface area contributed by atoms with Crippen LogP contribution in [0.4, 0.5) is 5.82 Å². The number of rotatable bonds is 4. The average Bonchev–Trinajstić information content (AvgIpc) is 2.47. The zero-order chi connectivity index (χ0) is 14.8. The van der Waals surface area contributed by atoms with Gasteiger partial charge in [-0.15, -0.1) is 0 Å². The number of nitrogens with two attached hydrogens (primary N) is 1. The summed E-state index contributed by atoms with van der Waals surface area (Å²) in [6.45, 7) is 2.35. The number of hydrogen-bond donors (Lipinski definition) is 1. The van der Waals surface area contributed by atoms with Crippen molar-refractivity contribution in [2.24, 2.45) is 5.73 Å². The van der Waals surface area contributed by atoms with Crippen LogP contribution in [0, 0.1) is 0 Å². The molecule has 110 valence electrons. The molecule has 8 heteroatoms. The van der Waals surface area contributed by atoms with Crippen molar-refractivity contribution in [1.29, 1.82) is 0 Å². The molecule has 1 atom stereocenters. The van der Waals surface area contributed by atoms with Crippen molar-refractivity contribution in [3.05, 3.63) is 23.9 Å². The van der Waals surface area contributed by atoms with Gasteiger partial charge in [0.05, 0.1) is 0 Å². The van der Waals surface area contributed by atoms with E-state index in [1.54, 1.807) is 37.0 Å². The van der Waals surface area contributed by atoms with Crippen LogP contribution in [-0.2, 0) is 9.84 Å². The predicted octanol–water partition coefficient (Wildman–Crippen LogP) is 1.03. The molecule has 1 aromatic rings. The third kappa shape index (κ3) is 3.24. The van der Waals surface area contributed by atoms with Crippen molar-refractivity contribution in [3.8, 4) is 0 Å². The highest BCUT2D eigenvalue weighted by Gasteiger charge is 2.33. The minimum absolute atomic E-state index is 0.139. The van der Waals surface area contributed by atoms with E-state index in [4.69, 9.17) is 18.0 Å². The summed E-state index contributed by atoms with van der Waals surface area (Å²) in [6.07, 6.45) is 1.59. The number of hydrogen-bond acceptors (Lipinski definition) is 6. The van der Waals surface area contributed by atoms with Gasteiger partial charge in [-0.25, -0.2) is 13.4 Å². The third-order valence-corrected chi connectivity index (χ3v) is 6.75. The van der Waals surface area contributed by atoms with Crippen molar-refractivity contribution in [3.63, 3.8) is 0 Å². The fourth-order valence-corrected chi connectivity index (χ4v) is 5.13. The molecule has 0 aromatic carbocycles. The van der Waals surface area contributed by atoms with E-state index in [1.807, 2.05) is 4.90 Å². The summed E-state index contributed by atoms with van der Waals surface area (Å²) in [4.78, 5) is 6.45. The lowest BCUT2D eigenvalue weighted by Crippen LogP contribution is -2.48. The van der Waals surface area contributed by atoms with Crippen molar-refractivity contribution in [1.82, 2.24) is 4.98 Å². The first kappa shape index (κ1) is 15.5. The van der Waals surface area contributed by atoms with Crippen LogP contribution in [0.1, 0.15) is 12.5 Å². The van der Waals surface area contributed by atoms with E-state index in [9.17, 15) is 8.42 Å². The normalized spacial score (nSPS) is 19.9. The number of aromatic nitrogens is 1. The molecule has 0 radical (unpaired) electrons. The van der Waals surface area contributed by atoms with E-state index >= 15 is 0 Å². The first-order valence-corrected chi connectivity index (χ1v) is 9.55. The molecule has 1 aliphatic heterocycles. The molecule has 2 N–H and O–H groups in total. The Kier molecular flexibility index (Phi) is 4.87. The van der Waals surface area contributed by atoms with Crippen molar-refractivity contribution < 1.29 is 8.42 Å². The molecule has 1 unspecified atom stereocenters. The Morgan fingerprint density at radius 2 is 2.35 bits per heavy atom. The SMILES string of the molecule is CCS(=O)(=O)C1CSCCN1c1ccc(C(N)=S)cn1. The first-order chi connectivity index (χ1) is 9.45. The maximum atomic E-state index is 12.2. The average molecular weight is 331 g/mol. The number of sulfone groups is 1. The lowest BCUT2D eigenvalue weighted by atomic mass is 10.3. The molecule has 1 fully saturated rings. The summed E-state index contributed by atoms with van der Waals surface area (Å²) < 4.78 is 24.4. The summed E-state index contributed by atoms with van der Waals surface area (Å²) in [5, 5.41) is -0.505. The Bertz CT molecular complexity index is 586. The van der Waals surface area contributed by atoms with Gasteiger partial charge in [0.2, 0.25) is 0 Å². The molecule has 20 heavy (non-hydrogen) atoms. The van der Waals surface area contributed by atoms with Gasteiger partial charge >= 0.3 is 0 Å². The van der Waals surface area contributed by atoms with Crippen LogP contribution in [0.2, 0.25) is 0 Å². The molecule has 0 spiro atoms. The van der Waals surface area contributed by atoms with Crippen LogP contribution in [0.25, 0.3) is 0 Å². The lowest BCUT2D eigenvalue weighted by Gasteiger charge is -2.35. The second kappa shape index (κ2) is 6.28. The van der Waals surface area contributed by atoms with E-state index in [-0.39, 0.29) is 10.7 Å². The smallest absolute Gasteiger partial charge is 0.171 e. The van der Waals surface area contributed by atoms with Gasteiger partial charge in [-0.3, -0.25) is 0 Å². The van der Waals surface area contributed by atoms with E-state index in [0.717, 1.165) is 5.75 Å². The summed E-state index contributed by atoms with van der Waals surface area (Å²) in [5.74, 6) is 2.27. The molecule has 1 aromatic heterocycles. The molecule has 0 saturated carbocycles. The second-order valence-electron chi connectivity index (χ2n) is 4.44. The van der Waals surface area contributed by atoms with Gasteiger partial charge in [0, 0.05) is 35.6 Å². The van der Waals surface area contributed by atoms with Gasteiger partial charge in [0.1, 0.15) is 16.2 Å². The molecule has 1 aliphatic rings. The van der Waals surface area contributed by atoms with Gasteiger partial charge in [-0.2, -0.15) is 11.8 Å². The van der Waals surface area contributed by atoms with Crippen LogP contribution in [0.5, 0.6) is 0 Å². The van der Waals surface area contributed by atoms with Gasteiger partial charge < -0.3 is 10.6 Å². The van der Waals surface area contributed by atoms with Crippen LogP contribution in [-0.4, -0.2) is 47.6 Å². The summed E-state index contributed by atoms with van der Waals surface area (Å²) in [6, 6.07) is 3.56. The molecule has 0 aliphatic carbocycles. The maximum absolute atomic E-state index is 12.2. The van der Waals surface area contributed by atoms with Gasteiger partial charge in [-0.1, -0.05) is 19.1 Å². The molecular formula is C12H17N3O2S3. The Balaban J connectivity index is 2.30. The Morgan fingerprint density at radius 3 is 2.90 bits per heavy atom. The van der Waals surface area contributed by atoms with Crippen LogP contribution < -0.4 is 10.6 Å². The molecule has 1 saturated heterocycles. The van der Waals surface area contributed by atoms with Crippen molar-refractivity contribution in [2.75, 3.05) is 28.7 Å². The summed E-state index contributed by atoms with van der Waals surface area (Å²) in [7, 11) is -3.13. The molecular weight excluding hydrogens is 314 g/mol. The first-order valence-electron chi connectivity index (χ1n) is 6.27. The largest absolute Gasteiger partial charge is 0.389 e. The van der Waals surface area contributed by atoms with Crippen molar-refractivity contribution in [2.45, 2.75) is 12.3 Å². The highest BCUT2D eigenvalue weighted by molar-refractivity contribution is 8.01. The molecule has 2 rings (SSSR count). The van der Waals surface area contributed by atoms with Crippen molar-refractivity contribution >= 4 is 44.6 Å². The predicted molar refractivity (Wildman–Crippen MR) is 88.0 cm³/mol. The zero-order valence-corrected chi connectivity index (χ0v) is 13.6. The molecule has 5 nitrogen and oxygen atoms in total. The molecule has 0 amide bonds. The van der Waals surface area contributed by atoms with E-state index in [0.29, 0.717) is 23.7 Å². The quantitative estimate of drug-likeness (QED) is 0.826. The fraction of sp³-hybridized carbons (Fsp3) is 0.500.